The van der Waals surface area contributed by atoms with Crippen LogP contribution >= 0.6 is 11.3 Å². The summed E-state index contributed by atoms with van der Waals surface area (Å²) >= 11 is 0.533. The van der Waals surface area contributed by atoms with Gasteiger partial charge in [0.05, 0.1) is 23.5 Å². The number of thiazole rings is 1. The van der Waals surface area contributed by atoms with Gasteiger partial charge in [0.1, 0.15) is 28.2 Å². The van der Waals surface area contributed by atoms with Gasteiger partial charge in [0.2, 0.25) is 5.95 Å². The average Bonchev–Trinajstić information content (AvgIpc) is 3.62. The van der Waals surface area contributed by atoms with Gasteiger partial charge in [0.15, 0.2) is 0 Å². The van der Waals surface area contributed by atoms with Gasteiger partial charge in [0, 0.05) is 49.2 Å². The van der Waals surface area contributed by atoms with Gasteiger partial charge in [0.25, 0.3) is 5.56 Å². The van der Waals surface area contributed by atoms with Gasteiger partial charge < -0.3 is 20.1 Å². The highest BCUT2D eigenvalue weighted by Gasteiger charge is 2.30. The average molecular weight is 515 g/mol. The molecule has 5 heterocycles. The summed E-state index contributed by atoms with van der Waals surface area (Å²) in [7, 11) is 0. The number of piperazine rings is 1. The summed E-state index contributed by atoms with van der Waals surface area (Å²) in [6.07, 6.45) is 7.95. The Morgan fingerprint density at radius 3 is 2.74 bits per heavy atom. The van der Waals surface area contributed by atoms with Gasteiger partial charge in [-0.1, -0.05) is 0 Å². The molecule has 2 unspecified atom stereocenters. The van der Waals surface area contributed by atoms with E-state index in [2.05, 4.69) is 25.5 Å². The molecule has 0 spiro atoms. The molecule has 2 saturated heterocycles. The van der Waals surface area contributed by atoms with E-state index >= 15 is 0 Å². The first-order chi connectivity index (χ1) is 17.1. The fraction of sp³-hybridized carbons (Fsp3) is 0.565. The number of nitrogens with zero attached hydrogens (tertiary/aromatic N) is 5. The van der Waals surface area contributed by atoms with Crippen molar-refractivity contribution >= 4 is 44.7 Å². The largest absolute Gasteiger partial charge is 0.598 e. The van der Waals surface area contributed by atoms with E-state index in [0.29, 0.717) is 54.4 Å². The molecular weight excluding hydrogens is 484 g/mol. The third-order valence-electron chi connectivity index (χ3n) is 6.96. The first-order valence-corrected chi connectivity index (χ1v) is 14.6. The van der Waals surface area contributed by atoms with E-state index in [1.807, 2.05) is 16.6 Å². The predicted octanol–water partition coefficient (Wildman–Crippen LogP) is 1.90. The number of piperidine rings is 1. The Bertz CT molecular complexity index is 1260. The number of rotatable bonds is 6. The zero-order valence-electron chi connectivity index (χ0n) is 19.7. The molecule has 10 nitrogen and oxygen atoms in total. The zero-order chi connectivity index (χ0) is 23.9. The molecule has 2 atom stereocenters. The van der Waals surface area contributed by atoms with Crippen molar-refractivity contribution in [3.63, 3.8) is 0 Å². The quantitative estimate of drug-likeness (QED) is 0.423. The second-order valence-electron chi connectivity index (χ2n) is 9.48. The molecule has 3 fully saturated rings. The van der Waals surface area contributed by atoms with Gasteiger partial charge in [-0.3, -0.25) is 14.8 Å². The smallest absolute Gasteiger partial charge is 0.264 e. The molecule has 0 bridgehead atoms. The maximum atomic E-state index is 13.5. The Labute approximate surface area is 210 Å². The summed E-state index contributed by atoms with van der Waals surface area (Å²) in [4.78, 5) is 33.1. The Kier molecular flexibility index (Phi) is 6.39. The predicted molar refractivity (Wildman–Crippen MR) is 141 cm³/mol. The number of hydrogen-bond donors (Lipinski definition) is 3. The molecule has 35 heavy (non-hydrogen) atoms. The molecule has 12 heteroatoms. The van der Waals surface area contributed by atoms with Crippen molar-refractivity contribution in [1.82, 2.24) is 29.6 Å². The fourth-order valence-corrected chi connectivity index (χ4v) is 6.57. The first kappa shape index (κ1) is 23.2. The van der Waals surface area contributed by atoms with Crippen LogP contribution in [0.1, 0.15) is 37.3 Å². The number of aromatic nitrogens is 4. The molecule has 0 aromatic carbocycles. The molecule has 6 rings (SSSR count). The van der Waals surface area contributed by atoms with Crippen molar-refractivity contribution in [2.24, 2.45) is 0 Å². The minimum absolute atomic E-state index is 0.192. The minimum Gasteiger partial charge on any atom is -0.598 e. The van der Waals surface area contributed by atoms with Gasteiger partial charge >= 0.3 is 0 Å². The lowest BCUT2D eigenvalue weighted by Gasteiger charge is -2.34. The number of hydrogen-bond acceptors (Lipinski definition) is 10. The van der Waals surface area contributed by atoms with Gasteiger partial charge in [-0.2, -0.15) is 4.98 Å². The van der Waals surface area contributed by atoms with Gasteiger partial charge in [-0.05, 0) is 38.3 Å². The molecule has 3 aromatic rings. The van der Waals surface area contributed by atoms with Crippen LogP contribution in [0.15, 0.2) is 17.1 Å². The lowest BCUT2D eigenvalue weighted by Crippen LogP contribution is -2.49. The summed E-state index contributed by atoms with van der Waals surface area (Å²) in [6.45, 7) is 4.49. The lowest BCUT2D eigenvalue weighted by atomic mass is 10.1. The van der Waals surface area contributed by atoms with E-state index in [0.717, 1.165) is 54.7 Å². The number of H-pyrrole nitrogens is 1. The van der Waals surface area contributed by atoms with Gasteiger partial charge in [-0.25, -0.2) is 4.98 Å². The topological polar surface area (TPSA) is 125 Å². The van der Waals surface area contributed by atoms with Crippen molar-refractivity contribution in [1.29, 1.82) is 0 Å². The molecule has 3 aromatic heterocycles. The highest BCUT2D eigenvalue weighted by atomic mass is 32.2. The molecule has 1 aliphatic carbocycles. The lowest BCUT2D eigenvalue weighted by molar-refractivity contribution is 0.385. The normalized spacial score (nSPS) is 22.5. The number of anilines is 2. The highest BCUT2D eigenvalue weighted by Crippen LogP contribution is 2.43. The van der Waals surface area contributed by atoms with Crippen molar-refractivity contribution in [2.75, 3.05) is 55.7 Å². The van der Waals surface area contributed by atoms with E-state index in [-0.39, 0.29) is 11.6 Å². The van der Waals surface area contributed by atoms with Crippen LogP contribution in [0, 0.1) is 0 Å². The van der Waals surface area contributed by atoms with E-state index in [1.54, 1.807) is 6.26 Å². The summed E-state index contributed by atoms with van der Waals surface area (Å²) in [5.74, 6) is 1.61. The standard InChI is InChI=1S/C23H30N8O2S2/c1-35(33)31-11-9-30(10-12-31)23-28-20(26-15-3-2-7-24-13-15)17(21(32)29-23)22-27-19-16(34-22)6-8-25-18(19)14-4-5-14/h6,8,14-15,24H,2-5,7,9-13H2,1H3,(H2,26,28,29,32). The van der Waals surface area contributed by atoms with Crippen LogP contribution in [-0.2, 0) is 11.4 Å². The van der Waals surface area contributed by atoms with Crippen LogP contribution in [0.5, 0.6) is 0 Å². The summed E-state index contributed by atoms with van der Waals surface area (Å²) in [5.41, 5.74) is 2.26. The number of pyridine rings is 1. The van der Waals surface area contributed by atoms with Crippen LogP contribution < -0.4 is 21.1 Å². The Balaban J connectivity index is 1.38. The second kappa shape index (κ2) is 9.66. The number of aromatic amines is 1. The SMILES string of the molecule is C[S+]([O-])N1CCN(c2nc(NC3CCCNC3)c(-c3nc4c(C5CC5)nccc4s3)c(=O)[nH]2)CC1. The Hall–Kier alpha value is -2.25. The van der Waals surface area contributed by atoms with Crippen molar-refractivity contribution < 1.29 is 4.55 Å². The molecule has 2 aliphatic heterocycles. The van der Waals surface area contributed by atoms with Crippen molar-refractivity contribution in [3.05, 3.63) is 28.3 Å². The summed E-state index contributed by atoms with van der Waals surface area (Å²) in [5, 5.41) is 7.66. The fourth-order valence-electron chi connectivity index (χ4n) is 4.88. The maximum Gasteiger partial charge on any atom is 0.264 e. The van der Waals surface area contributed by atoms with Crippen molar-refractivity contribution in [3.8, 4) is 10.6 Å². The van der Waals surface area contributed by atoms with E-state index in [1.165, 1.54) is 11.3 Å². The van der Waals surface area contributed by atoms with Gasteiger partial charge in [-0.15, -0.1) is 15.6 Å². The highest BCUT2D eigenvalue weighted by molar-refractivity contribution is 7.88. The van der Waals surface area contributed by atoms with Crippen LogP contribution in [0.4, 0.5) is 11.8 Å². The van der Waals surface area contributed by atoms with E-state index in [9.17, 15) is 9.35 Å². The Morgan fingerprint density at radius 2 is 2.03 bits per heavy atom. The monoisotopic (exact) mass is 514 g/mol. The number of fused-ring (bicyclic) bond motifs is 1. The molecule has 3 N–H and O–H groups in total. The summed E-state index contributed by atoms with van der Waals surface area (Å²) < 4.78 is 14.8. The third-order valence-corrected chi connectivity index (χ3v) is 9.09. The second-order valence-corrected chi connectivity index (χ2v) is 11.9. The van der Waals surface area contributed by atoms with E-state index < -0.39 is 11.4 Å². The molecule has 0 amide bonds. The number of nitrogens with one attached hydrogen (secondary N) is 3. The first-order valence-electron chi connectivity index (χ1n) is 12.3. The molecule has 1 saturated carbocycles. The van der Waals surface area contributed by atoms with E-state index in [4.69, 9.17) is 9.97 Å². The zero-order valence-corrected chi connectivity index (χ0v) is 21.4. The maximum absolute atomic E-state index is 13.5. The van der Waals surface area contributed by atoms with Crippen molar-refractivity contribution in [2.45, 2.75) is 37.6 Å². The van der Waals surface area contributed by atoms with Crippen LogP contribution in [0.2, 0.25) is 0 Å². The molecular formula is C23H30N8O2S2. The Morgan fingerprint density at radius 1 is 1.20 bits per heavy atom. The molecule has 186 valence electrons. The van der Waals surface area contributed by atoms with Crippen LogP contribution in [0.25, 0.3) is 20.8 Å². The minimum atomic E-state index is -0.992. The molecule has 3 aliphatic rings. The van der Waals surface area contributed by atoms with Crippen LogP contribution in [0.3, 0.4) is 0 Å². The summed E-state index contributed by atoms with van der Waals surface area (Å²) in [6, 6.07) is 2.18. The molecule has 0 radical (unpaired) electrons. The third kappa shape index (κ3) is 4.77. The van der Waals surface area contributed by atoms with Crippen LogP contribution in [-0.4, -0.2) is 80.4 Å².